The lowest BCUT2D eigenvalue weighted by molar-refractivity contribution is -0.133. The quantitative estimate of drug-likeness (QED) is 0.857. The van der Waals surface area contributed by atoms with Gasteiger partial charge < -0.3 is 9.80 Å². The predicted molar refractivity (Wildman–Crippen MR) is 87.8 cm³/mol. The van der Waals surface area contributed by atoms with Crippen LogP contribution in [-0.2, 0) is 11.2 Å². The molecule has 0 radical (unpaired) electrons. The van der Waals surface area contributed by atoms with Crippen molar-refractivity contribution in [1.82, 2.24) is 9.80 Å². The highest BCUT2D eigenvalue weighted by Gasteiger charge is 2.26. The topological polar surface area (TPSA) is 40.6 Å². The van der Waals surface area contributed by atoms with Crippen LogP contribution in [0.5, 0.6) is 0 Å². The molecular formula is C18H26N2O2. The van der Waals surface area contributed by atoms with Crippen LogP contribution in [0.15, 0.2) is 24.3 Å². The number of likely N-dealkylation sites (N-methyl/N-ethyl adjacent to an activating group) is 1. The zero-order valence-corrected chi connectivity index (χ0v) is 14.1. The van der Waals surface area contributed by atoms with E-state index in [0.717, 1.165) is 12.8 Å². The molecule has 22 heavy (non-hydrogen) atoms. The number of benzene rings is 1. The van der Waals surface area contributed by atoms with Crippen molar-refractivity contribution in [3.8, 4) is 0 Å². The van der Waals surface area contributed by atoms with Crippen LogP contribution in [0.25, 0.3) is 0 Å². The Labute approximate surface area is 133 Å². The molecule has 4 heteroatoms. The zero-order valence-electron chi connectivity index (χ0n) is 14.1. The summed E-state index contributed by atoms with van der Waals surface area (Å²) in [5.74, 6) is -0.0412. The molecule has 0 atom stereocenters. The maximum Gasteiger partial charge on any atom is 0.254 e. The van der Waals surface area contributed by atoms with Gasteiger partial charge in [-0.15, -0.1) is 0 Å². The number of amides is 2. The summed E-state index contributed by atoms with van der Waals surface area (Å²) in [6.45, 7) is 8.05. The van der Waals surface area contributed by atoms with Crippen molar-refractivity contribution >= 4 is 11.8 Å². The molecule has 120 valence electrons. The Morgan fingerprint density at radius 2 is 2.00 bits per heavy atom. The number of nitrogens with zero attached hydrogens (tertiary/aromatic N) is 2. The minimum Gasteiger partial charge on any atom is -0.342 e. The van der Waals surface area contributed by atoms with E-state index in [2.05, 4.69) is 26.8 Å². The second-order valence-corrected chi connectivity index (χ2v) is 6.94. The van der Waals surface area contributed by atoms with Crippen LogP contribution in [0.1, 0.15) is 43.1 Å². The fraction of sp³-hybridized carbons (Fsp3) is 0.556. The van der Waals surface area contributed by atoms with Gasteiger partial charge in [-0.1, -0.05) is 39.3 Å². The molecule has 1 fully saturated rings. The molecule has 0 aliphatic carbocycles. The summed E-state index contributed by atoms with van der Waals surface area (Å²) in [5.41, 5.74) is 2.09. The van der Waals surface area contributed by atoms with Crippen molar-refractivity contribution in [3.05, 3.63) is 35.4 Å². The third kappa shape index (κ3) is 3.87. The van der Waals surface area contributed by atoms with Gasteiger partial charge in [0.25, 0.3) is 5.91 Å². The van der Waals surface area contributed by atoms with Crippen LogP contribution in [0, 0.1) is 5.41 Å². The molecule has 2 amide bonds. The van der Waals surface area contributed by atoms with E-state index in [1.807, 2.05) is 18.2 Å². The van der Waals surface area contributed by atoms with Crippen LogP contribution in [0.4, 0.5) is 0 Å². The average Bonchev–Trinajstić information content (AvgIpc) is 2.49. The van der Waals surface area contributed by atoms with Gasteiger partial charge in [0.2, 0.25) is 5.91 Å². The highest BCUT2D eigenvalue weighted by Crippen LogP contribution is 2.26. The predicted octanol–water partition coefficient (Wildman–Crippen LogP) is 2.58. The fourth-order valence-corrected chi connectivity index (χ4v) is 2.61. The molecule has 0 spiro atoms. The van der Waals surface area contributed by atoms with Gasteiger partial charge in [-0.3, -0.25) is 9.59 Å². The van der Waals surface area contributed by atoms with Crippen LogP contribution in [0.2, 0.25) is 0 Å². The smallest absolute Gasteiger partial charge is 0.254 e. The minimum absolute atomic E-state index is 0.00266. The number of hydrogen-bond donors (Lipinski definition) is 0. The molecular weight excluding hydrogens is 276 g/mol. The Morgan fingerprint density at radius 3 is 2.64 bits per heavy atom. The molecule has 1 heterocycles. The third-order valence-corrected chi connectivity index (χ3v) is 4.56. The van der Waals surface area contributed by atoms with Gasteiger partial charge >= 0.3 is 0 Å². The van der Waals surface area contributed by atoms with Crippen molar-refractivity contribution in [2.75, 3.05) is 26.7 Å². The number of hydrogen-bond acceptors (Lipinski definition) is 2. The molecule has 2 rings (SSSR count). The van der Waals surface area contributed by atoms with Gasteiger partial charge in [0.15, 0.2) is 0 Å². The van der Waals surface area contributed by atoms with Crippen molar-refractivity contribution < 1.29 is 9.59 Å². The number of rotatable bonds is 4. The first-order valence-electron chi connectivity index (χ1n) is 7.94. The average molecular weight is 302 g/mol. The van der Waals surface area contributed by atoms with E-state index in [0.29, 0.717) is 18.7 Å². The van der Waals surface area contributed by atoms with Crippen LogP contribution >= 0.6 is 0 Å². The minimum atomic E-state index is -0.0439. The molecule has 4 nitrogen and oxygen atoms in total. The summed E-state index contributed by atoms with van der Waals surface area (Å²) >= 11 is 0. The van der Waals surface area contributed by atoms with E-state index in [-0.39, 0.29) is 23.8 Å². The van der Waals surface area contributed by atoms with E-state index in [1.54, 1.807) is 16.8 Å². The van der Waals surface area contributed by atoms with Gasteiger partial charge in [-0.2, -0.15) is 0 Å². The largest absolute Gasteiger partial charge is 0.342 e. The lowest BCUT2D eigenvalue weighted by Crippen LogP contribution is -2.50. The summed E-state index contributed by atoms with van der Waals surface area (Å²) < 4.78 is 0. The lowest BCUT2D eigenvalue weighted by atomic mass is 9.83. The third-order valence-electron chi connectivity index (χ3n) is 4.56. The van der Waals surface area contributed by atoms with Gasteiger partial charge in [0, 0.05) is 25.7 Å². The molecule has 0 unspecified atom stereocenters. The van der Waals surface area contributed by atoms with E-state index in [1.165, 1.54) is 5.56 Å². The fourth-order valence-electron chi connectivity index (χ4n) is 2.61. The monoisotopic (exact) mass is 302 g/mol. The SMILES string of the molecule is CCC(C)(C)Cc1cccc(C(=O)N2CCN(C)C(=O)C2)c1. The molecule has 1 aromatic rings. The summed E-state index contributed by atoms with van der Waals surface area (Å²) in [5, 5.41) is 0. The summed E-state index contributed by atoms with van der Waals surface area (Å²) in [6.07, 6.45) is 2.05. The van der Waals surface area contributed by atoms with Crippen LogP contribution < -0.4 is 0 Å². The molecule has 1 aliphatic rings. The van der Waals surface area contributed by atoms with Gasteiger partial charge in [-0.05, 0) is 29.5 Å². The highest BCUT2D eigenvalue weighted by molar-refractivity contribution is 5.97. The van der Waals surface area contributed by atoms with E-state index in [9.17, 15) is 9.59 Å². The van der Waals surface area contributed by atoms with Crippen LogP contribution in [-0.4, -0.2) is 48.3 Å². The zero-order chi connectivity index (χ0) is 16.3. The van der Waals surface area contributed by atoms with E-state index < -0.39 is 0 Å². The molecule has 1 aliphatic heterocycles. The molecule has 0 bridgehead atoms. The maximum absolute atomic E-state index is 12.6. The standard InChI is InChI=1S/C18H26N2O2/c1-5-18(2,3)12-14-7-6-8-15(11-14)17(22)20-10-9-19(4)16(21)13-20/h6-8,11H,5,9-10,12-13H2,1-4H3. The Balaban J connectivity index is 2.12. The normalized spacial score (nSPS) is 16.1. The van der Waals surface area contributed by atoms with Crippen molar-refractivity contribution in [2.45, 2.75) is 33.6 Å². The summed E-state index contributed by atoms with van der Waals surface area (Å²) in [6, 6.07) is 7.83. The summed E-state index contributed by atoms with van der Waals surface area (Å²) in [7, 11) is 1.78. The van der Waals surface area contributed by atoms with Gasteiger partial charge in [0.1, 0.15) is 6.54 Å². The Morgan fingerprint density at radius 1 is 1.27 bits per heavy atom. The molecule has 1 aromatic carbocycles. The van der Waals surface area contributed by atoms with E-state index >= 15 is 0 Å². The van der Waals surface area contributed by atoms with Crippen molar-refractivity contribution in [1.29, 1.82) is 0 Å². The van der Waals surface area contributed by atoms with Crippen LogP contribution in [0.3, 0.4) is 0 Å². The lowest BCUT2D eigenvalue weighted by Gasteiger charge is -2.32. The molecule has 0 saturated carbocycles. The molecule has 1 saturated heterocycles. The van der Waals surface area contributed by atoms with Crippen molar-refractivity contribution in [2.24, 2.45) is 5.41 Å². The number of carbonyl (C=O) groups is 2. The maximum atomic E-state index is 12.6. The number of piperazine rings is 1. The summed E-state index contributed by atoms with van der Waals surface area (Å²) in [4.78, 5) is 27.7. The first-order chi connectivity index (χ1) is 10.3. The Bertz CT molecular complexity index is 566. The molecule has 0 aromatic heterocycles. The first-order valence-corrected chi connectivity index (χ1v) is 7.94. The second-order valence-electron chi connectivity index (χ2n) is 6.94. The van der Waals surface area contributed by atoms with Gasteiger partial charge in [-0.25, -0.2) is 0 Å². The highest BCUT2D eigenvalue weighted by atomic mass is 16.2. The first kappa shape index (κ1) is 16.5. The van der Waals surface area contributed by atoms with Gasteiger partial charge in [0.05, 0.1) is 0 Å². The number of carbonyl (C=O) groups excluding carboxylic acids is 2. The Kier molecular flexibility index (Phi) is 4.89. The second kappa shape index (κ2) is 6.51. The van der Waals surface area contributed by atoms with E-state index in [4.69, 9.17) is 0 Å². The molecule has 0 N–H and O–H groups in total. The Hall–Kier alpha value is -1.84. The van der Waals surface area contributed by atoms with Crippen molar-refractivity contribution in [3.63, 3.8) is 0 Å².